The number of carbonyl (C=O) groups is 1. The fourth-order valence-electron chi connectivity index (χ4n) is 3.43. The van der Waals surface area contributed by atoms with Gasteiger partial charge < -0.3 is 5.11 Å². The number of rotatable bonds is 8. The van der Waals surface area contributed by atoms with Gasteiger partial charge in [0.25, 0.3) is 0 Å². The number of carboxylic acids is 1. The average molecular weight is 480 g/mol. The Kier molecular flexibility index (Phi) is 7.28. The van der Waals surface area contributed by atoms with E-state index in [-0.39, 0.29) is 10.5 Å². The second-order valence-corrected chi connectivity index (χ2v) is 9.37. The van der Waals surface area contributed by atoms with Crippen molar-refractivity contribution in [2.24, 2.45) is 0 Å². The van der Waals surface area contributed by atoms with Crippen LogP contribution >= 0.6 is 11.6 Å². The summed E-state index contributed by atoms with van der Waals surface area (Å²) in [6.45, 7) is 1.29. The molecule has 0 aliphatic heterocycles. The molecule has 0 aliphatic rings. The second-order valence-electron chi connectivity index (χ2n) is 7.04. The minimum atomic E-state index is -4.16. The molecule has 0 radical (unpaired) electrons. The Balaban J connectivity index is 2.14. The largest absolute Gasteiger partial charge is 0.478 e. The quantitative estimate of drug-likeness (QED) is 0.452. The third-order valence-electron chi connectivity index (χ3n) is 5.06. The molecule has 0 saturated carbocycles. The van der Waals surface area contributed by atoms with Gasteiger partial charge in [-0.1, -0.05) is 54.9 Å². The zero-order valence-electron chi connectivity index (χ0n) is 17.0. The van der Waals surface area contributed by atoms with Crippen molar-refractivity contribution < 1.29 is 27.1 Å². The van der Waals surface area contributed by atoms with E-state index < -0.39 is 45.8 Å². The van der Waals surface area contributed by atoms with Gasteiger partial charge >= 0.3 is 5.97 Å². The third kappa shape index (κ3) is 4.82. The predicted octanol–water partition coefficient (Wildman–Crippen LogP) is 5.66. The van der Waals surface area contributed by atoms with Crippen LogP contribution in [0.2, 0.25) is 5.02 Å². The molecule has 0 amide bonds. The molecule has 5 nitrogen and oxygen atoms in total. The van der Waals surface area contributed by atoms with E-state index >= 15 is 0 Å². The molecular formula is C23H20ClF2NO4S. The Morgan fingerprint density at radius 2 is 1.62 bits per heavy atom. The topological polar surface area (TPSA) is 74.7 Å². The van der Waals surface area contributed by atoms with Gasteiger partial charge in [-0.15, -0.1) is 0 Å². The summed E-state index contributed by atoms with van der Waals surface area (Å²) in [7, 11) is -4.16. The monoisotopic (exact) mass is 479 g/mol. The molecule has 3 rings (SSSR count). The molecular weight excluding hydrogens is 460 g/mol. The Morgan fingerprint density at radius 3 is 2.19 bits per heavy atom. The zero-order chi connectivity index (χ0) is 23.5. The Morgan fingerprint density at radius 1 is 1.00 bits per heavy atom. The summed E-state index contributed by atoms with van der Waals surface area (Å²) in [5.41, 5.74) is -0.427. The van der Waals surface area contributed by atoms with Gasteiger partial charge in [0.2, 0.25) is 10.0 Å². The summed E-state index contributed by atoms with van der Waals surface area (Å²) in [6.07, 6.45) is 0.355. The highest BCUT2D eigenvalue weighted by molar-refractivity contribution is 7.89. The lowest BCUT2D eigenvalue weighted by atomic mass is 10.0. The molecule has 0 aliphatic carbocycles. The van der Waals surface area contributed by atoms with E-state index in [1.807, 2.05) is 0 Å². The number of sulfonamides is 1. The first-order valence-corrected chi connectivity index (χ1v) is 11.5. The molecule has 0 heterocycles. The first-order valence-electron chi connectivity index (χ1n) is 9.69. The van der Waals surface area contributed by atoms with E-state index in [1.54, 1.807) is 37.3 Å². The molecule has 3 aromatic carbocycles. The van der Waals surface area contributed by atoms with Gasteiger partial charge in [-0.25, -0.2) is 22.0 Å². The number of nitrogens with zero attached hydrogens (tertiary/aromatic N) is 1. The Bertz CT molecular complexity index is 1220. The first kappa shape index (κ1) is 23.8. The van der Waals surface area contributed by atoms with Crippen LogP contribution in [-0.2, 0) is 16.6 Å². The van der Waals surface area contributed by atoms with Gasteiger partial charge in [-0.3, -0.25) is 0 Å². The fraction of sp³-hybridized carbons (Fsp3) is 0.174. The normalized spacial score (nSPS) is 12.7. The van der Waals surface area contributed by atoms with Crippen LogP contribution in [0.25, 0.3) is 0 Å². The molecule has 0 saturated heterocycles. The molecule has 168 valence electrons. The van der Waals surface area contributed by atoms with Crippen molar-refractivity contribution in [2.45, 2.75) is 30.8 Å². The lowest BCUT2D eigenvalue weighted by molar-refractivity contribution is 0.0690. The standard InChI is InChI=1S/C23H20ClF2NO4S/c1-2-20(15-6-4-3-5-7-15)27(32(30,31)18-11-9-17(24)10-12-18)14-16-8-13-19(23(28)29)22(26)21(16)25/h3-13,20H,2,14H2,1H3,(H,28,29)/t20-/m0/s1. The molecule has 1 N–H and O–H groups in total. The number of aromatic carboxylic acids is 1. The maximum atomic E-state index is 14.7. The summed E-state index contributed by atoms with van der Waals surface area (Å²) in [4.78, 5) is 11.0. The number of carboxylic acid groups (broad SMARTS) is 1. The van der Waals surface area contributed by atoms with Crippen molar-refractivity contribution in [1.82, 2.24) is 4.31 Å². The van der Waals surface area contributed by atoms with Crippen LogP contribution in [0, 0.1) is 11.6 Å². The third-order valence-corrected chi connectivity index (χ3v) is 7.18. The molecule has 32 heavy (non-hydrogen) atoms. The van der Waals surface area contributed by atoms with Crippen LogP contribution in [0.3, 0.4) is 0 Å². The predicted molar refractivity (Wildman–Crippen MR) is 117 cm³/mol. The van der Waals surface area contributed by atoms with Gasteiger partial charge in [-0.2, -0.15) is 4.31 Å². The van der Waals surface area contributed by atoms with Crippen LogP contribution in [0.4, 0.5) is 8.78 Å². The van der Waals surface area contributed by atoms with Crippen molar-refractivity contribution in [1.29, 1.82) is 0 Å². The minimum absolute atomic E-state index is 0.0562. The van der Waals surface area contributed by atoms with E-state index in [0.29, 0.717) is 17.0 Å². The molecule has 1 atom stereocenters. The van der Waals surface area contributed by atoms with Crippen molar-refractivity contribution in [3.05, 3.63) is 100 Å². The maximum Gasteiger partial charge on any atom is 0.338 e. The van der Waals surface area contributed by atoms with Crippen LogP contribution < -0.4 is 0 Å². The molecule has 0 bridgehead atoms. The Labute approximate surface area is 189 Å². The highest BCUT2D eigenvalue weighted by Crippen LogP contribution is 2.33. The summed E-state index contributed by atoms with van der Waals surface area (Å²) in [5, 5.41) is 9.36. The van der Waals surface area contributed by atoms with Gasteiger partial charge in [0.05, 0.1) is 16.5 Å². The van der Waals surface area contributed by atoms with Crippen LogP contribution in [0.1, 0.15) is 40.9 Å². The van der Waals surface area contributed by atoms with E-state index in [9.17, 15) is 22.0 Å². The fourth-order valence-corrected chi connectivity index (χ4v) is 5.22. The minimum Gasteiger partial charge on any atom is -0.478 e. The number of benzene rings is 3. The van der Waals surface area contributed by atoms with E-state index in [2.05, 4.69) is 0 Å². The number of halogens is 3. The molecule has 0 spiro atoms. The van der Waals surface area contributed by atoms with Crippen LogP contribution in [0.15, 0.2) is 71.6 Å². The highest BCUT2D eigenvalue weighted by atomic mass is 35.5. The SMILES string of the molecule is CC[C@@H](c1ccccc1)N(Cc1ccc(C(=O)O)c(F)c1F)S(=O)(=O)c1ccc(Cl)cc1. The lowest BCUT2D eigenvalue weighted by Gasteiger charge is -2.31. The second kappa shape index (κ2) is 9.77. The zero-order valence-corrected chi connectivity index (χ0v) is 18.6. The van der Waals surface area contributed by atoms with Gasteiger partial charge in [0.15, 0.2) is 11.6 Å². The van der Waals surface area contributed by atoms with Crippen molar-refractivity contribution in [3.63, 3.8) is 0 Å². The van der Waals surface area contributed by atoms with Gasteiger partial charge in [-0.05, 0) is 42.3 Å². The van der Waals surface area contributed by atoms with E-state index in [0.717, 1.165) is 16.4 Å². The van der Waals surface area contributed by atoms with E-state index in [4.69, 9.17) is 16.7 Å². The maximum absolute atomic E-state index is 14.7. The smallest absolute Gasteiger partial charge is 0.338 e. The summed E-state index contributed by atoms with van der Waals surface area (Å²) < 4.78 is 57.2. The molecule has 3 aromatic rings. The van der Waals surface area contributed by atoms with Crippen molar-refractivity contribution in [3.8, 4) is 0 Å². The molecule has 0 unspecified atom stereocenters. The number of hydrogen-bond acceptors (Lipinski definition) is 3. The lowest BCUT2D eigenvalue weighted by Crippen LogP contribution is -2.34. The Hall–Kier alpha value is -2.81. The average Bonchev–Trinajstić information content (AvgIpc) is 2.77. The van der Waals surface area contributed by atoms with E-state index in [1.165, 1.54) is 24.3 Å². The van der Waals surface area contributed by atoms with Crippen molar-refractivity contribution >= 4 is 27.6 Å². The summed E-state index contributed by atoms with van der Waals surface area (Å²) in [5.74, 6) is -4.55. The first-order chi connectivity index (χ1) is 15.2. The summed E-state index contributed by atoms with van der Waals surface area (Å²) >= 11 is 5.89. The van der Waals surface area contributed by atoms with Gasteiger partial charge in [0, 0.05) is 17.1 Å². The molecule has 0 fully saturated rings. The molecule has 9 heteroatoms. The van der Waals surface area contributed by atoms with Gasteiger partial charge in [0.1, 0.15) is 0 Å². The number of hydrogen-bond donors (Lipinski definition) is 1. The molecule has 0 aromatic heterocycles. The highest BCUT2D eigenvalue weighted by Gasteiger charge is 2.33. The summed E-state index contributed by atoms with van der Waals surface area (Å²) in [6, 6.07) is 15.7. The van der Waals surface area contributed by atoms with Crippen LogP contribution in [0.5, 0.6) is 0 Å². The van der Waals surface area contributed by atoms with Crippen LogP contribution in [-0.4, -0.2) is 23.8 Å². The van der Waals surface area contributed by atoms with Crippen molar-refractivity contribution in [2.75, 3.05) is 0 Å².